The Morgan fingerprint density at radius 2 is 2.28 bits per heavy atom. The van der Waals surface area contributed by atoms with Crippen LogP contribution in [0.1, 0.15) is 32.6 Å². The van der Waals surface area contributed by atoms with E-state index >= 15 is 0 Å². The lowest BCUT2D eigenvalue weighted by Gasteiger charge is -2.37. The molecule has 0 radical (unpaired) electrons. The molecule has 2 atom stereocenters. The number of hydrogen-bond acceptors (Lipinski definition) is 4. The minimum absolute atomic E-state index is 0.0220. The fraction of sp³-hybridized carbons (Fsp3) is 0.538. The first-order chi connectivity index (χ1) is 8.49. The van der Waals surface area contributed by atoms with Gasteiger partial charge in [0.1, 0.15) is 5.82 Å². The van der Waals surface area contributed by atoms with Crippen LogP contribution in [-0.2, 0) is 4.79 Å². The van der Waals surface area contributed by atoms with E-state index in [2.05, 4.69) is 10.3 Å². The molecule has 2 unspecified atom stereocenters. The Bertz CT molecular complexity index is 427. The van der Waals surface area contributed by atoms with Crippen molar-refractivity contribution in [1.82, 2.24) is 4.98 Å². The van der Waals surface area contributed by atoms with Crippen LogP contribution in [-0.4, -0.2) is 16.4 Å². The fourth-order valence-electron chi connectivity index (χ4n) is 2.50. The maximum absolute atomic E-state index is 12.2. The molecule has 1 aromatic heterocycles. The molecule has 0 aromatic carbocycles. The maximum Gasteiger partial charge on any atom is 0.229 e. The zero-order chi connectivity index (χ0) is 13.2. The van der Waals surface area contributed by atoms with E-state index < -0.39 is 5.54 Å². The van der Waals surface area contributed by atoms with Crippen molar-refractivity contribution in [2.24, 2.45) is 11.7 Å². The number of pyridine rings is 1. The van der Waals surface area contributed by atoms with Gasteiger partial charge in [0.25, 0.3) is 0 Å². The van der Waals surface area contributed by atoms with Crippen molar-refractivity contribution in [1.29, 1.82) is 0 Å². The molecule has 1 fully saturated rings. The molecule has 1 aromatic rings. The predicted octanol–water partition coefficient (Wildman–Crippen LogP) is 1.51. The highest BCUT2D eigenvalue weighted by molar-refractivity contribution is 5.93. The normalized spacial score (nSPS) is 27.8. The van der Waals surface area contributed by atoms with E-state index in [4.69, 9.17) is 11.5 Å². The van der Waals surface area contributed by atoms with Crippen molar-refractivity contribution in [2.75, 3.05) is 11.1 Å². The molecule has 1 aliphatic carbocycles. The Hall–Kier alpha value is -1.62. The van der Waals surface area contributed by atoms with Crippen LogP contribution in [0.5, 0.6) is 0 Å². The lowest BCUT2D eigenvalue weighted by Crippen LogP contribution is -2.51. The molecular weight excluding hydrogens is 228 g/mol. The smallest absolute Gasteiger partial charge is 0.229 e. The maximum atomic E-state index is 12.2. The number of hydrogen-bond donors (Lipinski definition) is 3. The van der Waals surface area contributed by atoms with Gasteiger partial charge in [-0.25, -0.2) is 4.98 Å². The van der Waals surface area contributed by atoms with Gasteiger partial charge < -0.3 is 16.8 Å². The molecule has 98 valence electrons. The highest BCUT2D eigenvalue weighted by Gasteiger charge is 2.37. The Kier molecular flexibility index (Phi) is 3.52. The second-order valence-electron chi connectivity index (χ2n) is 5.27. The van der Waals surface area contributed by atoms with Gasteiger partial charge in [0.05, 0.1) is 17.8 Å². The van der Waals surface area contributed by atoms with E-state index in [1.807, 2.05) is 6.92 Å². The number of nitrogens with two attached hydrogens (primary N) is 2. The second kappa shape index (κ2) is 4.94. The second-order valence-corrected chi connectivity index (χ2v) is 5.27. The number of carbonyl (C=O) groups is 1. The van der Waals surface area contributed by atoms with Crippen LogP contribution in [0.3, 0.4) is 0 Å². The van der Waals surface area contributed by atoms with Gasteiger partial charge in [-0.1, -0.05) is 12.8 Å². The SMILES string of the molecule is CC1(N)CCCCC1C(=O)Nc1ccc(N)nc1. The molecular formula is C13H20N4O. The molecule has 5 N–H and O–H groups in total. The Morgan fingerprint density at radius 3 is 2.89 bits per heavy atom. The van der Waals surface area contributed by atoms with Gasteiger partial charge in [0.2, 0.25) is 5.91 Å². The minimum atomic E-state index is -0.413. The summed E-state index contributed by atoms with van der Waals surface area (Å²) in [7, 11) is 0. The molecule has 1 aliphatic rings. The number of carbonyl (C=O) groups excluding carboxylic acids is 1. The van der Waals surface area contributed by atoms with Crippen molar-refractivity contribution in [3.05, 3.63) is 18.3 Å². The van der Waals surface area contributed by atoms with Crippen LogP contribution in [0.15, 0.2) is 18.3 Å². The summed E-state index contributed by atoms with van der Waals surface area (Å²) in [4.78, 5) is 16.2. The first-order valence-corrected chi connectivity index (χ1v) is 6.30. The Labute approximate surface area is 107 Å². The van der Waals surface area contributed by atoms with Crippen LogP contribution in [0.4, 0.5) is 11.5 Å². The van der Waals surface area contributed by atoms with E-state index in [1.165, 1.54) is 0 Å². The lowest BCUT2D eigenvalue weighted by molar-refractivity contribution is -0.122. The van der Waals surface area contributed by atoms with Gasteiger partial charge in [-0.3, -0.25) is 4.79 Å². The van der Waals surface area contributed by atoms with Crippen molar-refractivity contribution >= 4 is 17.4 Å². The standard InChI is InChI=1S/C13H20N4O/c1-13(15)7-3-2-4-10(13)12(18)17-9-5-6-11(14)16-8-9/h5-6,8,10H,2-4,7,15H2,1H3,(H2,14,16)(H,17,18). The predicted molar refractivity (Wildman–Crippen MR) is 71.8 cm³/mol. The van der Waals surface area contributed by atoms with Crippen LogP contribution in [0.2, 0.25) is 0 Å². The molecule has 18 heavy (non-hydrogen) atoms. The minimum Gasteiger partial charge on any atom is -0.384 e. The molecule has 0 spiro atoms. The van der Waals surface area contributed by atoms with Crippen LogP contribution < -0.4 is 16.8 Å². The summed E-state index contributed by atoms with van der Waals surface area (Å²) in [5, 5.41) is 2.86. The third-order valence-electron chi connectivity index (χ3n) is 3.62. The molecule has 0 aliphatic heterocycles. The number of nitrogen functional groups attached to an aromatic ring is 1. The summed E-state index contributed by atoms with van der Waals surface area (Å²) in [6, 6.07) is 3.41. The third kappa shape index (κ3) is 2.79. The fourth-order valence-corrected chi connectivity index (χ4v) is 2.50. The van der Waals surface area contributed by atoms with E-state index in [0.29, 0.717) is 11.5 Å². The Morgan fingerprint density at radius 1 is 1.50 bits per heavy atom. The number of rotatable bonds is 2. The van der Waals surface area contributed by atoms with E-state index in [-0.39, 0.29) is 11.8 Å². The zero-order valence-electron chi connectivity index (χ0n) is 10.6. The Balaban J connectivity index is 2.05. The number of anilines is 2. The summed E-state index contributed by atoms with van der Waals surface area (Å²) < 4.78 is 0. The van der Waals surface area contributed by atoms with Crippen molar-refractivity contribution in [3.8, 4) is 0 Å². The summed E-state index contributed by atoms with van der Waals surface area (Å²) >= 11 is 0. The molecule has 5 nitrogen and oxygen atoms in total. The van der Waals surface area contributed by atoms with Gasteiger partial charge in [-0.2, -0.15) is 0 Å². The molecule has 1 saturated carbocycles. The number of nitrogens with one attached hydrogen (secondary N) is 1. The molecule has 0 saturated heterocycles. The summed E-state index contributed by atoms with van der Waals surface area (Å²) in [5.41, 5.74) is 12.0. The van der Waals surface area contributed by atoms with Crippen LogP contribution in [0.25, 0.3) is 0 Å². The summed E-state index contributed by atoms with van der Waals surface area (Å²) in [6.45, 7) is 1.96. The molecule has 0 bridgehead atoms. The molecule has 1 amide bonds. The topological polar surface area (TPSA) is 94.0 Å². The molecule has 2 rings (SSSR count). The third-order valence-corrected chi connectivity index (χ3v) is 3.62. The first-order valence-electron chi connectivity index (χ1n) is 6.30. The largest absolute Gasteiger partial charge is 0.384 e. The van der Waals surface area contributed by atoms with Crippen LogP contribution in [0, 0.1) is 5.92 Å². The quantitative estimate of drug-likeness (QED) is 0.739. The lowest BCUT2D eigenvalue weighted by atomic mass is 9.74. The average molecular weight is 248 g/mol. The van der Waals surface area contributed by atoms with Gasteiger partial charge in [0.15, 0.2) is 0 Å². The van der Waals surface area contributed by atoms with Crippen molar-refractivity contribution in [3.63, 3.8) is 0 Å². The van der Waals surface area contributed by atoms with Crippen molar-refractivity contribution in [2.45, 2.75) is 38.1 Å². The number of nitrogens with zero attached hydrogens (tertiary/aromatic N) is 1. The van der Waals surface area contributed by atoms with Gasteiger partial charge in [-0.15, -0.1) is 0 Å². The monoisotopic (exact) mass is 248 g/mol. The molecule has 5 heteroatoms. The average Bonchev–Trinajstić information content (AvgIpc) is 2.31. The van der Waals surface area contributed by atoms with E-state index in [9.17, 15) is 4.79 Å². The van der Waals surface area contributed by atoms with Gasteiger partial charge in [-0.05, 0) is 31.9 Å². The highest BCUT2D eigenvalue weighted by Crippen LogP contribution is 2.32. The molecule has 1 heterocycles. The van der Waals surface area contributed by atoms with Crippen LogP contribution >= 0.6 is 0 Å². The van der Waals surface area contributed by atoms with E-state index in [0.717, 1.165) is 25.7 Å². The summed E-state index contributed by atoms with van der Waals surface area (Å²) in [5.74, 6) is 0.282. The van der Waals surface area contributed by atoms with E-state index in [1.54, 1.807) is 18.3 Å². The van der Waals surface area contributed by atoms with Gasteiger partial charge >= 0.3 is 0 Å². The summed E-state index contributed by atoms with van der Waals surface area (Å²) in [6.07, 6.45) is 5.46. The van der Waals surface area contributed by atoms with Gasteiger partial charge in [0, 0.05) is 5.54 Å². The highest BCUT2D eigenvalue weighted by atomic mass is 16.1. The first kappa shape index (κ1) is 12.8. The zero-order valence-corrected chi connectivity index (χ0v) is 10.6. The number of aromatic nitrogens is 1. The number of amides is 1. The van der Waals surface area contributed by atoms with Crippen molar-refractivity contribution < 1.29 is 4.79 Å².